The van der Waals surface area contributed by atoms with Crippen molar-refractivity contribution >= 4 is 17.7 Å². The van der Waals surface area contributed by atoms with E-state index in [4.69, 9.17) is 0 Å². The van der Waals surface area contributed by atoms with E-state index in [1.807, 2.05) is 34.1 Å². The van der Waals surface area contributed by atoms with Crippen LogP contribution in [-0.4, -0.2) is 56.2 Å². The summed E-state index contributed by atoms with van der Waals surface area (Å²) in [6.45, 7) is 3.52. The molecule has 0 aliphatic carbocycles. The van der Waals surface area contributed by atoms with Crippen molar-refractivity contribution in [1.29, 1.82) is 0 Å². The smallest absolute Gasteiger partial charge is 0.324 e. The van der Waals surface area contributed by atoms with Crippen LogP contribution in [0.5, 0.6) is 0 Å². The molecule has 1 N–H and O–H groups in total. The average Bonchev–Trinajstić information content (AvgIpc) is 3.02. The number of hydrogen-bond donors (Lipinski definition) is 1. The molecule has 2 aliphatic heterocycles. The van der Waals surface area contributed by atoms with E-state index in [9.17, 15) is 9.59 Å². The minimum atomic E-state index is -0.202. The summed E-state index contributed by atoms with van der Waals surface area (Å²) in [5.41, 5.74) is 2.00. The van der Waals surface area contributed by atoms with E-state index in [1.165, 1.54) is 7.11 Å². The first-order chi connectivity index (χ1) is 11.7. The Bertz CT molecular complexity index is 582. The number of nitrogens with zero attached hydrogens (tertiary/aromatic N) is 2. The van der Waals surface area contributed by atoms with Gasteiger partial charge in [-0.2, -0.15) is 0 Å². The molecular weight excluding hydrogens is 306 g/mol. The second-order valence-electron chi connectivity index (χ2n) is 6.35. The molecule has 6 nitrogen and oxygen atoms in total. The largest absolute Gasteiger partial charge is 0.469 e. The number of methoxy groups -OCH3 is 1. The Morgan fingerprint density at radius 1 is 1.21 bits per heavy atom. The standard InChI is InChI=1S/C18H25N3O3/c1-24-17(22)7-4-14-2-5-15(6-3-14)20-12-13-21(18(20)23)16-8-10-19-11-9-16/h2-3,5-6,16,19H,4,7-13H2,1H3. The van der Waals surface area contributed by atoms with Gasteiger partial charge in [0.2, 0.25) is 0 Å². The number of carbonyl (C=O) groups excluding carboxylic acids is 2. The summed E-state index contributed by atoms with van der Waals surface area (Å²) in [7, 11) is 1.40. The van der Waals surface area contributed by atoms with Crippen LogP contribution in [0.2, 0.25) is 0 Å². The Morgan fingerprint density at radius 2 is 1.92 bits per heavy atom. The van der Waals surface area contributed by atoms with Crippen LogP contribution in [0.25, 0.3) is 0 Å². The van der Waals surface area contributed by atoms with Crippen molar-refractivity contribution in [3.05, 3.63) is 29.8 Å². The number of ether oxygens (including phenoxy) is 1. The number of rotatable bonds is 5. The Morgan fingerprint density at radius 3 is 2.58 bits per heavy atom. The van der Waals surface area contributed by atoms with Crippen molar-refractivity contribution in [3.63, 3.8) is 0 Å². The maximum atomic E-state index is 12.7. The number of benzene rings is 1. The van der Waals surface area contributed by atoms with Gasteiger partial charge in [0.15, 0.2) is 0 Å². The molecule has 0 spiro atoms. The zero-order valence-electron chi connectivity index (χ0n) is 14.2. The van der Waals surface area contributed by atoms with Gasteiger partial charge < -0.3 is 15.0 Å². The van der Waals surface area contributed by atoms with Gasteiger partial charge in [-0.15, -0.1) is 0 Å². The highest BCUT2D eigenvalue weighted by Gasteiger charge is 2.34. The van der Waals surface area contributed by atoms with E-state index in [1.54, 1.807) is 0 Å². The van der Waals surface area contributed by atoms with Crippen LogP contribution in [0.3, 0.4) is 0 Å². The van der Waals surface area contributed by atoms with Gasteiger partial charge in [-0.3, -0.25) is 9.69 Å². The van der Waals surface area contributed by atoms with Crippen molar-refractivity contribution in [2.24, 2.45) is 0 Å². The maximum Gasteiger partial charge on any atom is 0.324 e. The summed E-state index contributed by atoms with van der Waals surface area (Å²) in [6, 6.07) is 8.39. The van der Waals surface area contributed by atoms with Crippen LogP contribution >= 0.6 is 0 Å². The van der Waals surface area contributed by atoms with Crippen LogP contribution in [0.4, 0.5) is 10.5 Å². The third-order valence-corrected chi connectivity index (χ3v) is 4.88. The van der Waals surface area contributed by atoms with E-state index in [-0.39, 0.29) is 12.0 Å². The van der Waals surface area contributed by atoms with Crippen molar-refractivity contribution in [2.45, 2.75) is 31.7 Å². The molecule has 1 aromatic carbocycles. The highest BCUT2D eigenvalue weighted by atomic mass is 16.5. The lowest BCUT2D eigenvalue weighted by molar-refractivity contribution is -0.140. The van der Waals surface area contributed by atoms with Crippen LogP contribution in [-0.2, 0) is 16.0 Å². The van der Waals surface area contributed by atoms with Crippen molar-refractivity contribution < 1.29 is 14.3 Å². The third kappa shape index (κ3) is 3.70. The number of hydrogen-bond acceptors (Lipinski definition) is 4. The summed E-state index contributed by atoms with van der Waals surface area (Å²) >= 11 is 0. The quantitative estimate of drug-likeness (QED) is 0.836. The van der Waals surface area contributed by atoms with Gasteiger partial charge in [-0.1, -0.05) is 12.1 Å². The SMILES string of the molecule is COC(=O)CCc1ccc(N2CCN(C3CCNCC3)C2=O)cc1. The molecule has 6 heteroatoms. The molecule has 130 valence electrons. The zero-order valence-corrected chi connectivity index (χ0v) is 14.2. The topological polar surface area (TPSA) is 61.9 Å². The van der Waals surface area contributed by atoms with Crippen LogP contribution in [0.15, 0.2) is 24.3 Å². The fraction of sp³-hybridized carbons (Fsp3) is 0.556. The van der Waals surface area contributed by atoms with Gasteiger partial charge in [-0.25, -0.2) is 4.79 Å². The fourth-order valence-corrected chi connectivity index (χ4v) is 3.44. The van der Waals surface area contributed by atoms with Gasteiger partial charge in [0.1, 0.15) is 0 Å². The normalized spacial score (nSPS) is 19.0. The van der Waals surface area contributed by atoms with Gasteiger partial charge in [-0.05, 0) is 50.0 Å². The Kier molecular flexibility index (Phi) is 5.35. The second kappa shape index (κ2) is 7.66. The molecular formula is C18H25N3O3. The minimum Gasteiger partial charge on any atom is -0.469 e. The van der Waals surface area contributed by atoms with Crippen LogP contribution in [0.1, 0.15) is 24.8 Å². The van der Waals surface area contributed by atoms with Gasteiger partial charge in [0.25, 0.3) is 0 Å². The molecule has 2 heterocycles. The zero-order chi connectivity index (χ0) is 16.9. The molecule has 0 unspecified atom stereocenters. The molecule has 0 aromatic heterocycles. The second-order valence-corrected chi connectivity index (χ2v) is 6.35. The Labute approximate surface area is 142 Å². The number of esters is 1. The maximum absolute atomic E-state index is 12.7. The minimum absolute atomic E-state index is 0.115. The van der Waals surface area contributed by atoms with E-state index >= 15 is 0 Å². The molecule has 0 saturated carbocycles. The fourth-order valence-electron chi connectivity index (χ4n) is 3.44. The van der Waals surface area contributed by atoms with Crippen molar-refractivity contribution in [3.8, 4) is 0 Å². The van der Waals surface area contributed by atoms with Crippen molar-refractivity contribution in [1.82, 2.24) is 10.2 Å². The molecule has 0 radical (unpaired) electrons. The third-order valence-electron chi connectivity index (χ3n) is 4.88. The monoisotopic (exact) mass is 331 g/mol. The van der Waals surface area contributed by atoms with Gasteiger partial charge >= 0.3 is 12.0 Å². The summed E-state index contributed by atoms with van der Waals surface area (Å²) in [5.74, 6) is -0.202. The Hall–Kier alpha value is -2.08. The number of amides is 2. The predicted octanol–water partition coefficient (Wildman–Crippen LogP) is 1.79. The highest BCUT2D eigenvalue weighted by Crippen LogP contribution is 2.24. The molecule has 2 saturated heterocycles. The summed E-state index contributed by atoms with van der Waals surface area (Å²) in [5, 5.41) is 3.34. The van der Waals surface area contributed by atoms with Crippen molar-refractivity contribution in [2.75, 3.05) is 38.2 Å². The van der Waals surface area contributed by atoms with E-state index in [2.05, 4.69) is 10.1 Å². The first-order valence-electron chi connectivity index (χ1n) is 8.63. The summed E-state index contributed by atoms with van der Waals surface area (Å²) in [6.07, 6.45) is 3.10. The molecule has 2 aliphatic rings. The number of nitrogens with one attached hydrogen (secondary N) is 1. The number of aryl methyl sites for hydroxylation is 1. The first-order valence-corrected chi connectivity index (χ1v) is 8.63. The summed E-state index contributed by atoms with van der Waals surface area (Å²) in [4.78, 5) is 27.8. The molecule has 3 rings (SSSR count). The van der Waals surface area contributed by atoms with Crippen LogP contribution < -0.4 is 10.2 Å². The molecule has 0 bridgehead atoms. The molecule has 2 amide bonds. The van der Waals surface area contributed by atoms with E-state index in [0.717, 1.165) is 50.3 Å². The predicted molar refractivity (Wildman–Crippen MR) is 92.1 cm³/mol. The lowest BCUT2D eigenvalue weighted by Gasteiger charge is -2.31. The average molecular weight is 331 g/mol. The number of carbonyl (C=O) groups is 2. The number of urea groups is 1. The summed E-state index contributed by atoms with van der Waals surface area (Å²) < 4.78 is 4.66. The lowest BCUT2D eigenvalue weighted by Crippen LogP contribution is -2.45. The number of piperidine rings is 1. The van der Waals surface area contributed by atoms with Gasteiger partial charge in [0.05, 0.1) is 7.11 Å². The highest BCUT2D eigenvalue weighted by molar-refractivity contribution is 5.94. The first kappa shape index (κ1) is 16.8. The molecule has 24 heavy (non-hydrogen) atoms. The number of anilines is 1. The van der Waals surface area contributed by atoms with E-state index < -0.39 is 0 Å². The van der Waals surface area contributed by atoms with E-state index in [0.29, 0.717) is 18.9 Å². The molecule has 2 fully saturated rings. The molecule has 0 atom stereocenters. The lowest BCUT2D eigenvalue weighted by atomic mass is 10.1. The van der Waals surface area contributed by atoms with Crippen LogP contribution in [0, 0.1) is 0 Å². The molecule has 1 aromatic rings. The Balaban J connectivity index is 1.60. The van der Waals surface area contributed by atoms with Gasteiger partial charge in [0, 0.05) is 31.2 Å².